The van der Waals surface area contributed by atoms with Gasteiger partial charge in [0.05, 0.1) is 11.9 Å². The molecule has 2 aromatic rings. The molecule has 142 valence electrons. The van der Waals surface area contributed by atoms with Crippen molar-refractivity contribution in [3.8, 4) is 0 Å². The molecule has 2 amide bonds. The summed E-state index contributed by atoms with van der Waals surface area (Å²) < 4.78 is 0. The first-order valence-corrected chi connectivity index (χ1v) is 9.19. The van der Waals surface area contributed by atoms with Crippen molar-refractivity contribution in [2.45, 2.75) is 26.2 Å². The van der Waals surface area contributed by atoms with Crippen molar-refractivity contribution >= 4 is 23.8 Å². The number of carbonyl (C=O) groups excluding carboxylic acids is 2. The smallest absolute Gasteiger partial charge is 0.255 e. The highest BCUT2D eigenvalue weighted by molar-refractivity contribution is 6.04. The Kier molecular flexibility index (Phi) is 5.44. The minimum Gasteiger partial charge on any atom is -0.353 e. The molecule has 0 radical (unpaired) electrons. The zero-order valence-electron chi connectivity index (χ0n) is 16.1. The van der Waals surface area contributed by atoms with E-state index in [1.807, 2.05) is 36.4 Å². The van der Waals surface area contributed by atoms with Crippen molar-refractivity contribution < 1.29 is 9.59 Å². The van der Waals surface area contributed by atoms with Gasteiger partial charge in [0.1, 0.15) is 5.82 Å². The molecule has 1 aliphatic rings. The Morgan fingerprint density at radius 3 is 2.22 bits per heavy atom. The Hall–Kier alpha value is -2.89. The third-order valence-corrected chi connectivity index (χ3v) is 4.81. The topological polar surface area (TPSA) is 65.5 Å². The summed E-state index contributed by atoms with van der Waals surface area (Å²) >= 11 is 0. The molecule has 0 aliphatic carbocycles. The Morgan fingerprint density at radius 1 is 1.04 bits per heavy atom. The van der Waals surface area contributed by atoms with Crippen LogP contribution < -0.4 is 10.2 Å². The summed E-state index contributed by atoms with van der Waals surface area (Å²) in [5.74, 6) is 0.706. The van der Waals surface area contributed by atoms with Crippen LogP contribution in [0.15, 0.2) is 42.6 Å². The Bertz CT molecular complexity index is 786. The zero-order chi connectivity index (χ0) is 19.4. The van der Waals surface area contributed by atoms with E-state index in [-0.39, 0.29) is 11.3 Å². The van der Waals surface area contributed by atoms with E-state index in [4.69, 9.17) is 0 Å². The van der Waals surface area contributed by atoms with Crippen LogP contribution in [0.2, 0.25) is 0 Å². The Balaban J connectivity index is 1.61. The summed E-state index contributed by atoms with van der Waals surface area (Å²) in [4.78, 5) is 31.6. The normalized spacial score (nSPS) is 14.8. The maximum Gasteiger partial charge on any atom is 0.255 e. The van der Waals surface area contributed by atoms with Gasteiger partial charge in [0.2, 0.25) is 6.41 Å². The lowest BCUT2D eigenvalue weighted by Crippen LogP contribution is -2.46. The number of nitrogens with zero attached hydrogens (tertiary/aromatic N) is 3. The lowest BCUT2D eigenvalue weighted by atomic mass is 9.87. The van der Waals surface area contributed by atoms with Crippen molar-refractivity contribution in [3.63, 3.8) is 0 Å². The minimum absolute atomic E-state index is 0.0615. The SMILES string of the molecule is CC(C)(C)c1ccc(C(=O)Nc2ccc(N3CCN(C=O)CC3)nc2)cc1. The number of benzene rings is 1. The van der Waals surface area contributed by atoms with Crippen LogP contribution in [0.4, 0.5) is 11.5 Å². The second-order valence-electron chi connectivity index (χ2n) is 7.81. The Labute approximate surface area is 160 Å². The van der Waals surface area contributed by atoms with Gasteiger partial charge in [-0.25, -0.2) is 4.98 Å². The fraction of sp³-hybridized carbons (Fsp3) is 0.381. The molecule has 1 aromatic heterocycles. The summed E-state index contributed by atoms with van der Waals surface area (Å²) in [5, 5.41) is 2.89. The van der Waals surface area contributed by atoms with Crippen LogP contribution in [-0.4, -0.2) is 48.4 Å². The molecule has 0 unspecified atom stereocenters. The summed E-state index contributed by atoms with van der Waals surface area (Å²) in [5.41, 5.74) is 2.54. The number of anilines is 2. The number of piperazine rings is 1. The van der Waals surface area contributed by atoms with Gasteiger partial charge in [0, 0.05) is 31.7 Å². The number of carbonyl (C=O) groups is 2. The highest BCUT2D eigenvalue weighted by atomic mass is 16.1. The average molecular weight is 366 g/mol. The number of hydrogen-bond acceptors (Lipinski definition) is 4. The first-order chi connectivity index (χ1) is 12.9. The van der Waals surface area contributed by atoms with Gasteiger partial charge in [-0.3, -0.25) is 9.59 Å². The average Bonchev–Trinajstić information content (AvgIpc) is 2.68. The van der Waals surface area contributed by atoms with Gasteiger partial charge < -0.3 is 15.1 Å². The van der Waals surface area contributed by atoms with Crippen LogP contribution in [0, 0.1) is 0 Å². The largest absolute Gasteiger partial charge is 0.353 e. The molecule has 1 N–H and O–H groups in total. The first-order valence-electron chi connectivity index (χ1n) is 9.19. The van der Waals surface area contributed by atoms with E-state index < -0.39 is 0 Å². The van der Waals surface area contributed by atoms with Crippen molar-refractivity contribution in [2.75, 3.05) is 36.4 Å². The fourth-order valence-electron chi connectivity index (χ4n) is 3.03. The van der Waals surface area contributed by atoms with Crippen molar-refractivity contribution in [1.82, 2.24) is 9.88 Å². The van der Waals surface area contributed by atoms with Crippen LogP contribution >= 0.6 is 0 Å². The standard InChI is InChI=1S/C21H26N4O2/c1-21(2,3)17-6-4-16(5-7-17)20(27)23-18-8-9-19(22-14-18)25-12-10-24(15-26)11-13-25/h4-9,14-15H,10-13H2,1-3H3,(H,23,27). The van der Waals surface area contributed by atoms with Crippen LogP contribution in [0.1, 0.15) is 36.7 Å². The van der Waals surface area contributed by atoms with Crippen molar-refractivity contribution in [2.24, 2.45) is 0 Å². The number of rotatable bonds is 4. The molecule has 0 spiro atoms. The summed E-state index contributed by atoms with van der Waals surface area (Å²) in [6.45, 7) is 9.37. The molecule has 3 rings (SSSR count). The van der Waals surface area contributed by atoms with Gasteiger partial charge in [-0.2, -0.15) is 0 Å². The van der Waals surface area contributed by atoms with E-state index in [0.29, 0.717) is 24.3 Å². The van der Waals surface area contributed by atoms with Gasteiger partial charge in [0.25, 0.3) is 5.91 Å². The highest BCUT2D eigenvalue weighted by Crippen LogP contribution is 2.22. The molecule has 6 heteroatoms. The van der Waals surface area contributed by atoms with Crippen molar-refractivity contribution in [3.05, 3.63) is 53.7 Å². The number of hydrogen-bond donors (Lipinski definition) is 1. The van der Waals surface area contributed by atoms with E-state index in [1.165, 1.54) is 5.56 Å². The predicted octanol–water partition coefficient (Wildman–Crippen LogP) is 2.91. The zero-order valence-corrected chi connectivity index (χ0v) is 16.1. The minimum atomic E-state index is -0.149. The van der Waals surface area contributed by atoms with E-state index in [2.05, 4.69) is 36.0 Å². The molecule has 27 heavy (non-hydrogen) atoms. The highest BCUT2D eigenvalue weighted by Gasteiger charge is 2.17. The summed E-state index contributed by atoms with van der Waals surface area (Å²) in [7, 11) is 0. The maximum absolute atomic E-state index is 12.4. The van der Waals surface area contributed by atoms with Crippen molar-refractivity contribution in [1.29, 1.82) is 0 Å². The van der Waals surface area contributed by atoms with Gasteiger partial charge in [0.15, 0.2) is 0 Å². The Morgan fingerprint density at radius 2 is 1.70 bits per heavy atom. The number of aromatic nitrogens is 1. The summed E-state index contributed by atoms with van der Waals surface area (Å²) in [6, 6.07) is 11.4. The third-order valence-electron chi connectivity index (χ3n) is 4.81. The van der Waals surface area contributed by atoms with E-state index in [1.54, 1.807) is 11.1 Å². The monoisotopic (exact) mass is 366 g/mol. The molecule has 1 aromatic carbocycles. The molecule has 1 saturated heterocycles. The van der Waals surface area contributed by atoms with Crippen LogP contribution in [-0.2, 0) is 10.2 Å². The van der Waals surface area contributed by atoms with Gasteiger partial charge >= 0.3 is 0 Å². The van der Waals surface area contributed by atoms with Crippen LogP contribution in [0.3, 0.4) is 0 Å². The molecule has 0 saturated carbocycles. The van der Waals surface area contributed by atoms with Gasteiger partial charge in [-0.15, -0.1) is 0 Å². The molecule has 1 aliphatic heterocycles. The van der Waals surface area contributed by atoms with Gasteiger partial charge in [-0.05, 0) is 35.2 Å². The quantitative estimate of drug-likeness (QED) is 0.845. The number of amides is 2. The number of pyridine rings is 1. The fourth-order valence-corrected chi connectivity index (χ4v) is 3.03. The van der Waals surface area contributed by atoms with Gasteiger partial charge in [-0.1, -0.05) is 32.9 Å². The lowest BCUT2D eigenvalue weighted by molar-refractivity contribution is -0.118. The molecule has 6 nitrogen and oxygen atoms in total. The predicted molar refractivity (Wildman–Crippen MR) is 107 cm³/mol. The number of nitrogens with one attached hydrogen (secondary N) is 1. The van der Waals surface area contributed by atoms with E-state index in [0.717, 1.165) is 25.3 Å². The molecule has 0 bridgehead atoms. The first kappa shape index (κ1) is 18.9. The molecular weight excluding hydrogens is 340 g/mol. The second kappa shape index (κ2) is 7.78. The molecule has 1 fully saturated rings. The van der Waals surface area contributed by atoms with E-state index >= 15 is 0 Å². The third kappa shape index (κ3) is 4.64. The molecule has 2 heterocycles. The lowest BCUT2D eigenvalue weighted by Gasteiger charge is -2.33. The van der Waals surface area contributed by atoms with E-state index in [9.17, 15) is 9.59 Å². The second-order valence-corrected chi connectivity index (χ2v) is 7.81. The maximum atomic E-state index is 12.4. The van der Waals surface area contributed by atoms with Crippen LogP contribution in [0.5, 0.6) is 0 Å². The molecule has 0 atom stereocenters. The van der Waals surface area contributed by atoms with Crippen LogP contribution in [0.25, 0.3) is 0 Å². The summed E-state index contributed by atoms with van der Waals surface area (Å²) in [6.07, 6.45) is 2.56. The molecular formula is C21H26N4O2.